The second kappa shape index (κ2) is 11.9. The van der Waals surface area contributed by atoms with Crippen molar-refractivity contribution >= 4 is 17.5 Å². The van der Waals surface area contributed by atoms with E-state index in [0.29, 0.717) is 50.3 Å². The van der Waals surface area contributed by atoms with Crippen LogP contribution in [0.4, 0.5) is 0 Å². The summed E-state index contributed by atoms with van der Waals surface area (Å²) in [6, 6.07) is 0. The van der Waals surface area contributed by atoms with E-state index in [-0.39, 0.29) is 18.4 Å². The molecule has 0 aliphatic heterocycles. The molecule has 180 valence electrons. The summed E-state index contributed by atoms with van der Waals surface area (Å²) in [5.74, 6) is 4.62. The second-order valence-corrected chi connectivity index (χ2v) is 10.6. The standard InChI is InChI=1S/C25H39ClN2O4/c26-24-2-1-22(32-8-7-31-6-4-27-3-5-29)15-23(24)25(30)28-16-21-14-19-10-17-9-18(11-19)13-20(21)12-17/h1-2,17-21,23,27,29H,3-16H2,(H,28,30)/t17?,18?,19?,20?,21-,23?/m1/s1. The Hall–Kier alpha value is -1.08. The fourth-order valence-corrected chi connectivity index (χ4v) is 6.74. The van der Waals surface area contributed by atoms with Gasteiger partial charge in [0, 0.05) is 31.1 Å². The van der Waals surface area contributed by atoms with Crippen molar-refractivity contribution in [3.63, 3.8) is 0 Å². The minimum Gasteiger partial charge on any atom is -0.495 e. The molecule has 0 aromatic rings. The number of amides is 1. The Morgan fingerprint density at radius 2 is 1.75 bits per heavy atom. The van der Waals surface area contributed by atoms with Crippen LogP contribution < -0.4 is 10.6 Å². The van der Waals surface area contributed by atoms with Gasteiger partial charge in [-0.2, -0.15) is 0 Å². The van der Waals surface area contributed by atoms with Crippen LogP contribution in [0.2, 0.25) is 0 Å². The molecule has 4 bridgehead atoms. The van der Waals surface area contributed by atoms with Crippen molar-refractivity contribution in [1.29, 1.82) is 0 Å². The minimum absolute atomic E-state index is 0.0237. The summed E-state index contributed by atoms with van der Waals surface area (Å²) in [4.78, 5) is 13.0. The maximum Gasteiger partial charge on any atom is 0.228 e. The number of allylic oxidation sites excluding steroid dienone is 3. The Labute approximate surface area is 197 Å². The third kappa shape index (κ3) is 6.49. The molecule has 5 aliphatic carbocycles. The normalized spacial score (nSPS) is 33.4. The zero-order chi connectivity index (χ0) is 22.3. The van der Waals surface area contributed by atoms with Crippen LogP contribution in [0.3, 0.4) is 0 Å². The van der Waals surface area contributed by atoms with Crippen LogP contribution in [0.1, 0.15) is 44.9 Å². The second-order valence-electron chi connectivity index (χ2n) is 10.2. The van der Waals surface area contributed by atoms with Gasteiger partial charge in [-0.05, 0) is 80.3 Å². The Bertz CT molecular complexity index is 683. The monoisotopic (exact) mass is 466 g/mol. The molecule has 5 aliphatic rings. The highest BCUT2D eigenvalue weighted by Gasteiger charge is 2.43. The van der Waals surface area contributed by atoms with Crippen LogP contribution in [0.15, 0.2) is 22.9 Å². The van der Waals surface area contributed by atoms with E-state index in [4.69, 9.17) is 26.2 Å². The molecule has 0 radical (unpaired) electrons. The van der Waals surface area contributed by atoms with Crippen LogP contribution in [-0.4, -0.2) is 57.1 Å². The van der Waals surface area contributed by atoms with Crippen molar-refractivity contribution in [2.45, 2.75) is 44.9 Å². The molecule has 5 rings (SSSR count). The smallest absolute Gasteiger partial charge is 0.228 e. The van der Waals surface area contributed by atoms with Gasteiger partial charge < -0.3 is 25.2 Å². The average Bonchev–Trinajstić information content (AvgIpc) is 2.97. The van der Waals surface area contributed by atoms with Crippen molar-refractivity contribution < 1.29 is 19.4 Å². The SMILES string of the molecule is O=C(NC[C@H]1CC2CC3CC(C2)CC1C3)C1CC(OCCOCCNCCO)=CC=C1Cl. The Morgan fingerprint density at radius 3 is 2.50 bits per heavy atom. The molecule has 0 saturated heterocycles. The van der Waals surface area contributed by atoms with E-state index in [1.54, 1.807) is 6.08 Å². The van der Waals surface area contributed by atoms with Gasteiger partial charge >= 0.3 is 0 Å². The van der Waals surface area contributed by atoms with E-state index < -0.39 is 0 Å². The third-order valence-electron chi connectivity index (χ3n) is 7.82. The van der Waals surface area contributed by atoms with Crippen LogP contribution in [0.25, 0.3) is 0 Å². The number of aliphatic hydroxyl groups excluding tert-OH is 1. The number of carbonyl (C=O) groups excluding carboxylic acids is 1. The number of halogens is 1. The van der Waals surface area contributed by atoms with Crippen LogP contribution in [0.5, 0.6) is 0 Å². The molecule has 4 atom stereocenters. The van der Waals surface area contributed by atoms with Gasteiger partial charge in [0.1, 0.15) is 6.61 Å². The van der Waals surface area contributed by atoms with E-state index >= 15 is 0 Å². The first-order valence-electron chi connectivity index (χ1n) is 12.5. The predicted octanol–water partition coefficient (Wildman–Crippen LogP) is 3.21. The maximum absolute atomic E-state index is 13.0. The van der Waals surface area contributed by atoms with E-state index in [2.05, 4.69) is 10.6 Å². The number of hydrogen-bond donors (Lipinski definition) is 3. The molecule has 0 aromatic carbocycles. The lowest BCUT2D eigenvalue weighted by Crippen LogP contribution is -2.38. The van der Waals surface area contributed by atoms with Crippen molar-refractivity contribution in [2.75, 3.05) is 46.1 Å². The predicted molar refractivity (Wildman–Crippen MR) is 125 cm³/mol. The largest absolute Gasteiger partial charge is 0.495 e. The molecule has 4 saturated carbocycles. The Balaban J connectivity index is 1.17. The fourth-order valence-electron chi connectivity index (χ4n) is 6.51. The van der Waals surface area contributed by atoms with Crippen molar-refractivity contribution in [1.82, 2.24) is 10.6 Å². The third-order valence-corrected chi connectivity index (χ3v) is 8.21. The summed E-state index contributed by atoms with van der Waals surface area (Å²) in [6.07, 6.45) is 12.5. The number of ether oxygens (including phenoxy) is 2. The molecule has 0 spiro atoms. The van der Waals surface area contributed by atoms with E-state index in [1.165, 1.54) is 38.5 Å². The Morgan fingerprint density at radius 1 is 1.00 bits per heavy atom. The molecule has 7 heteroatoms. The van der Waals surface area contributed by atoms with Gasteiger partial charge in [0.05, 0.1) is 31.5 Å². The molecule has 0 heterocycles. The number of aliphatic hydroxyl groups is 1. The van der Waals surface area contributed by atoms with Crippen LogP contribution in [-0.2, 0) is 14.3 Å². The number of hydrogen-bond acceptors (Lipinski definition) is 5. The van der Waals surface area contributed by atoms with E-state index in [0.717, 1.165) is 36.0 Å². The first kappa shape index (κ1) is 24.1. The summed E-state index contributed by atoms with van der Waals surface area (Å²) in [5.41, 5.74) is 0. The topological polar surface area (TPSA) is 79.8 Å². The number of fused-ring (bicyclic) bond motifs is 1. The van der Waals surface area contributed by atoms with Crippen LogP contribution >= 0.6 is 11.6 Å². The van der Waals surface area contributed by atoms with Gasteiger partial charge in [0.15, 0.2) is 0 Å². The first-order chi connectivity index (χ1) is 15.6. The quantitative estimate of drug-likeness (QED) is 0.385. The van der Waals surface area contributed by atoms with Gasteiger partial charge in [0.25, 0.3) is 0 Å². The number of carbonyl (C=O) groups is 1. The highest BCUT2D eigenvalue weighted by atomic mass is 35.5. The molecule has 0 aromatic heterocycles. The average molecular weight is 467 g/mol. The maximum atomic E-state index is 13.0. The highest BCUT2D eigenvalue weighted by molar-refractivity contribution is 6.31. The zero-order valence-corrected chi connectivity index (χ0v) is 19.8. The van der Waals surface area contributed by atoms with Crippen molar-refractivity contribution in [2.24, 2.45) is 35.5 Å². The van der Waals surface area contributed by atoms with Crippen molar-refractivity contribution in [3.8, 4) is 0 Å². The summed E-state index contributed by atoms with van der Waals surface area (Å²) >= 11 is 6.40. The number of nitrogens with one attached hydrogen (secondary N) is 2. The molecule has 3 unspecified atom stereocenters. The molecule has 4 fully saturated rings. The Kier molecular flexibility index (Phi) is 8.92. The fraction of sp³-hybridized carbons (Fsp3) is 0.800. The lowest BCUT2D eigenvalue weighted by molar-refractivity contribution is -0.124. The molecule has 32 heavy (non-hydrogen) atoms. The number of rotatable bonds is 12. The lowest BCUT2D eigenvalue weighted by atomic mass is 9.67. The van der Waals surface area contributed by atoms with E-state index in [1.807, 2.05) is 6.08 Å². The molecule has 3 N–H and O–H groups in total. The zero-order valence-electron chi connectivity index (χ0n) is 19.1. The minimum atomic E-state index is -0.362. The van der Waals surface area contributed by atoms with Gasteiger partial charge in [-0.25, -0.2) is 0 Å². The molecule has 6 nitrogen and oxygen atoms in total. The summed E-state index contributed by atoms with van der Waals surface area (Å²) < 4.78 is 11.3. The van der Waals surface area contributed by atoms with Crippen molar-refractivity contribution in [3.05, 3.63) is 22.9 Å². The molecular formula is C25H39ClN2O4. The molecular weight excluding hydrogens is 428 g/mol. The lowest BCUT2D eigenvalue weighted by Gasteiger charge is -2.39. The molecule has 1 amide bonds. The van der Waals surface area contributed by atoms with E-state index in [9.17, 15) is 4.79 Å². The summed E-state index contributed by atoms with van der Waals surface area (Å²) in [5, 5.41) is 15.6. The van der Waals surface area contributed by atoms with Gasteiger partial charge in [-0.3, -0.25) is 4.79 Å². The first-order valence-corrected chi connectivity index (χ1v) is 12.9. The van der Waals surface area contributed by atoms with Gasteiger partial charge in [-0.15, -0.1) is 0 Å². The summed E-state index contributed by atoms with van der Waals surface area (Å²) in [7, 11) is 0. The van der Waals surface area contributed by atoms with Gasteiger partial charge in [-0.1, -0.05) is 11.6 Å². The summed E-state index contributed by atoms with van der Waals surface area (Å²) in [6.45, 7) is 3.70. The highest BCUT2D eigenvalue weighted by Crippen LogP contribution is 2.53. The van der Waals surface area contributed by atoms with Gasteiger partial charge in [0.2, 0.25) is 5.91 Å². The van der Waals surface area contributed by atoms with Crippen LogP contribution in [0, 0.1) is 35.5 Å².